The molecule has 3 aliphatic rings. The van der Waals surface area contributed by atoms with Crippen molar-refractivity contribution in [1.82, 2.24) is 9.80 Å². The molecule has 9 heteroatoms. The van der Waals surface area contributed by atoms with Crippen molar-refractivity contribution >= 4 is 40.5 Å². The second-order valence-corrected chi connectivity index (χ2v) is 13.8. The van der Waals surface area contributed by atoms with E-state index < -0.39 is 23.9 Å². The summed E-state index contributed by atoms with van der Waals surface area (Å²) in [5.74, 6) is -1.45. The zero-order chi connectivity index (χ0) is 32.2. The maximum atomic E-state index is 14.0. The van der Waals surface area contributed by atoms with Gasteiger partial charge >= 0.3 is 0 Å². The number of aromatic hydroxyl groups is 1. The lowest BCUT2D eigenvalue weighted by Crippen LogP contribution is -2.47. The van der Waals surface area contributed by atoms with Crippen LogP contribution in [0.1, 0.15) is 63.5 Å². The van der Waals surface area contributed by atoms with Crippen LogP contribution in [0.4, 0.5) is 0 Å². The molecule has 8 nitrogen and oxygen atoms in total. The van der Waals surface area contributed by atoms with E-state index in [1.165, 1.54) is 17.6 Å². The minimum Gasteiger partial charge on any atom is -0.504 e. The molecule has 2 aromatic rings. The zero-order valence-corrected chi connectivity index (χ0v) is 28.6. The Balaban J connectivity index is 1.26. The number of rotatable bonds is 11. The molecule has 2 amide bonds. The first-order chi connectivity index (χ1) is 21.7. The van der Waals surface area contributed by atoms with Crippen molar-refractivity contribution in [2.75, 3.05) is 26.8 Å². The molecule has 2 aromatic carbocycles. The van der Waals surface area contributed by atoms with Gasteiger partial charge in [0.05, 0.1) is 35.2 Å². The van der Waals surface area contributed by atoms with E-state index in [9.17, 15) is 24.9 Å². The molecule has 242 valence electrons. The van der Waals surface area contributed by atoms with Gasteiger partial charge in [-0.1, -0.05) is 54.5 Å². The second-order valence-electron chi connectivity index (χ2n) is 12.7. The molecule has 2 heterocycles. The summed E-state index contributed by atoms with van der Waals surface area (Å²) in [5, 5.41) is 32.3. The molecule has 0 saturated carbocycles. The lowest BCUT2D eigenvalue weighted by atomic mass is 9.67. The molecule has 5 rings (SSSR count). The van der Waals surface area contributed by atoms with Gasteiger partial charge in [-0.25, -0.2) is 0 Å². The number of phenols is 1. The Hall–Kier alpha value is -2.73. The van der Waals surface area contributed by atoms with Crippen molar-refractivity contribution in [2.45, 2.75) is 71.1 Å². The molecule has 0 spiro atoms. The molecule has 2 fully saturated rings. The summed E-state index contributed by atoms with van der Waals surface area (Å²) in [6, 6.07) is 13.9. The number of aliphatic hydroxyl groups excluding tert-OH is 2. The van der Waals surface area contributed by atoms with E-state index >= 15 is 0 Å². The van der Waals surface area contributed by atoms with Gasteiger partial charge in [-0.15, -0.1) is 0 Å². The van der Waals surface area contributed by atoms with Gasteiger partial charge in [0.2, 0.25) is 11.8 Å². The number of benzene rings is 2. The van der Waals surface area contributed by atoms with Crippen molar-refractivity contribution in [3.8, 4) is 11.5 Å². The predicted molar refractivity (Wildman–Crippen MR) is 182 cm³/mol. The zero-order valence-electron chi connectivity index (χ0n) is 26.4. The van der Waals surface area contributed by atoms with Crippen molar-refractivity contribution in [3.63, 3.8) is 0 Å². The molecule has 3 N–H and O–H groups in total. The molecule has 0 aromatic heterocycles. The Morgan fingerprint density at radius 1 is 1.13 bits per heavy atom. The average Bonchev–Trinajstić information content (AvgIpc) is 3.30. The van der Waals surface area contributed by atoms with E-state index in [-0.39, 0.29) is 30.2 Å². The highest BCUT2D eigenvalue weighted by Gasteiger charge is 2.56. The maximum absolute atomic E-state index is 14.0. The third-order valence-corrected chi connectivity index (χ3v) is 10.7. The van der Waals surface area contributed by atoms with Crippen LogP contribution < -0.4 is 4.74 Å². The quantitative estimate of drug-likeness (QED) is 0.159. The van der Waals surface area contributed by atoms with Crippen LogP contribution in [0.3, 0.4) is 0 Å². The van der Waals surface area contributed by atoms with E-state index in [1.54, 1.807) is 6.07 Å². The largest absolute Gasteiger partial charge is 0.504 e. The van der Waals surface area contributed by atoms with Crippen molar-refractivity contribution in [2.24, 2.45) is 17.8 Å². The number of likely N-dealkylation sites (tertiary alicyclic amines) is 2. The van der Waals surface area contributed by atoms with Crippen LogP contribution in [-0.4, -0.2) is 75.9 Å². The lowest BCUT2D eigenvalue weighted by molar-refractivity contribution is -0.144. The minimum absolute atomic E-state index is 0.109. The molecule has 1 aliphatic carbocycles. The molecule has 0 radical (unpaired) electrons. The number of methoxy groups -OCH3 is 1. The number of carbonyl (C=O) groups is 2. The third kappa shape index (κ3) is 7.16. The second kappa shape index (κ2) is 14.8. The predicted octanol–water partition coefficient (Wildman–Crippen LogP) is 5.53. The van der Waals surface area contributed by atoms with E-state index in [2.05, 4.69) is 39.6 Å². The number of imide groups is 1. The highest BCUT2D eigenvalue weighted by Crippen LogP contribution is 2.48. The highest BCUT2D eigenvalue weighted by atomic mass is 127. The number of piperidine rings is 1. The fraction of sp³-hybridized carbons (Fsp3) is 0.500. The number of nitrogens with zero attached hydrogens (tertiary/aromatic N) is 2. The van der Waals surface area contributed by atoms with Gasteiger partial charge in [0, 0.05) is 31.6 Å². The Labute approximate surface area is 279 Å². The molecular weight excluding hydrogens is 683 g/mol. The van der Waals surface area contributed by atoms with Gasteiger partial charge in [-0.2, -0.15) is 0 Å². The minimum atomic E-state index is -0.825. The van der Waals surface area contributed by atoms with Crippen molar-refractivity contribution < 1.29 is 29.6 Å². The molecule has 0 unspecified atom stereocenters. The van der Waals surface area contributed by atoms with Crippen molar-refractivity contribution in [3.05, 3.63) is 73.9 Å². The fourth-order valence-electron chi connectivity index (χ4n) is 7.57. The van der Waals surface area contributed by atoms with E-state index in [4.69, 9.17) is 4.74 Å². The molecular formula is C36H45IN2O6. The van der Waals surface area contributed by atoms with Gasteiger partial charge < -0.3 is 20.1 Å². The van der Waals surface area contributed by atoms with Gasteiger partial charge in [0.25, 0.3) is 0 Å². The number of amides is 2. The van der Waals surface area contributed by atoms with Crippen LogP contribution in [0.2, 0.25) is 0 Å². The van der Waals surface area contributed by atoms with Crippen LogP contribution in [0.15, 0.2) is 59.2 Å². The average molecular weight is 729 g/mol. The normalized spacial score (nSPS) is 23.9. The van der Waals surface area contributed by atoms with Gasteiger partial charge in [0.15, 0.2) is 11.5 Å². The number of fused-ring (bicyclic) bond motifs is 1. The van der Waals surface area contributed by atoms with E-state index in [0.29, 0.717) is 35.0 Å². The number of allylic oxidation sites excluding steroid dienone is 2. The summed E-state index contributed by atoms with van der Waals surface area (Å²) >= 11 is 2.07. The lowest BCUT2D eigenvalue weighted by Gasteiger charge is -2.37. The first kappa shape index (κ1) is 33.6. The summed E-state index contributed by atoms with van der Waals surface area (Å²) in [5.41, 5.74) is 4.93. The molecule has 2 saturated heterocycles. The Morgan fingerprint density at radius 2 is 1.84 bits per heavy atom. The fourth-order valence-corrected chi connectivity index (χ4v) is 8.19. The molecule has 0 bridgehead atoms. The topological polar surface area (TPSA) is 111 Å². The highest BCUT2D eigenvalue weighted by molar-refractivity contribution is 14.1. The van der Waals surface area contributed by atoms with Crippen LogP contribution in [0, 0.1) is 21.3 Å². The summed E-state index contributed by atoms with van der Waals surface area (Å²) in [6.07, 6.45) is 4.83. The molecule has 45 heavy (non-hydrogen) atoms. The van der Waals surface area contributed by atoms with E-state index in [1.807, 2.05) is 44.2 Å². The number of phenolic OH excluding ortho intramolecular Hbond substituents is 1. The number of hydrogen-bond donors (Lipinski definition) is 3. The standard InChI is InChI=1S/C36H45IN2O6/c1-4-25-19-27-33(36(44)39(35(27)43)26-12-14-38(15-13-26)20-23-8-6-5-7-9-23)28(21-40)32(25)30(41)11-10-22(2)16-24-17-29(37)34(42)31(18-24)45-3/h5-9,16-18,26-28,30,33,40-42H,4,10-15,19-21H2,1-3H3/b22-16+/t27-,28+,30-,33-/m1/s1. The van der Waals surface area contributed by atoms with Crippen LogP contribution in [0.5, 0.6) is 11.5 Å². The number of hydrogen-bond acceptors (Lipinski definition) is 7. The Bertz CT molecular complexity index is 1450. The van der Waals surface area contributed by atoms with Crippen LogP contribution in [-0.2, 0) is 16.1 Å². The SMILES string of the molecule is CCC1=C([C@H](O)CC/C(C)=C/c2cc(I)c(O)c(OC)c2)[C@H](CO)[C@@H]2C(=O)N(C3CCN(Cc4ccccc4)CC3)C(=O)[C@@H]2C1. The summed E-state index contributed by atoms with van der Waals surface area (Å²) in [4.78, 5) is 31.7. The number of aliphatic hydroxyl groups is 2. The first-order valence-electron chi connectivity index (χ1n) is 16.0. The monoisotopic (exact) mass is 728 g/mol. The smallest absolute Gasteiger partial charge is 0.234 e. The van der Waals surface area contributed by atoms with Crippen molar-refractivity contribution in [1.29, 1.82) is 0 Å². The first-order valence-corrected chi connectivity index (χ1v) is 17.1. The summed E-state index contributed by atoms with van der Waals surface area (Å²) in [6.45, 7) is 6.23. The van der Waals surface area contributed by atoms with Gasteiger partial charge in [-0.05, 0) is 96.9 Å². The number of halogens is 1. The van der Waals surface area contributed by atoms with Gasteiger partial charge in [0.1, 0.15) is 0 Å². The van der Waals surface area contributed by atoms with Crippen LogP contribution in [0.25, 0.3) is 6.08 Å². The summed E-state index contributed by atoms with van der Waals surface area (Å²) in [7, 11) is 1.52. The third-order valence-electron chi connectivity index (χ3n) is 9.87. The number of carbonyl (C=O) groups excluding carboxylic acids is 2. The summed E-state index contributed by atoms with van der Waals surface area (Å²) < 4.78 is 5.98. The van der Waals surface area contributed by atoms with Crippen LogP contribution >= 0.6 is 22.6 Å². The molecule has 4 atom stereocenters. The van der Waals surface area contributed by atoms with Gasteiger partial charge in [-0.3, -0.25) is 19.4 Å². The Morgan fingerprint density at radius 3 is 2.49 bits per heavy atom. The Kier molecular flexibility index (Phi) is 11.1. The van der Waals surface area contributed by atoms with E-state index in [0.717, 1.165) is 54.8 Å². The number of ether oxygens (including phenoxy) is 1. The maximum Gasteiger partial charge on any atom is 0.234 e. The molecule has 2 aliphatic heterocycles.